The van der Waals surface area contributed by atoms with E-state index in [4.69, 9.17) is 4.42 Å². The third-order valence-corrected chi connectivity index (χ3v) is 4.91. The minimum absolute atomic E-state index is 0.0438. The predicted molar refractivity (Wildman–Crippen MR) is 103 cm³/mol. The molecule has 158 valence electrons. The van der Waals surface area contributed by atoms with Gasteiger partial charge in [-0.2, -0.15) is 13.2 Å². The number of anilines is 2. The minimum atomic E-state index is -4.36. The molecule has 4 rings (SSSR count). The Morgan fingerprint density at radius 1 is 1.17 bits per heavy atom. The van der Waals surface area contributed by atoms with Crippen molar-refractivity contribution in [1.29, 1.82) is 0 Å². The summed E-state index contributed by atoms with van der Waals surface area (Å²) in [6.45, 7) is 2.03. The second-order valence-corrected chi connectivity index (χ2v) is 6.85. The highest BCUT2D eigenvalue weighted by molar-refractivity contribution is 5.82. The van der Waals surface area contributed by atoms with Crippen LogP contribution < -0.4 is 16.0 Å². The van der Waals surface area contributed by atoms with Crippen LogP contribution in [0.15, 0.2) is 45.7 Å². The van der Waals surface area contributed by atoms with Gasteiger partial charge in [0.1, 0.15) is 0 Å². The molecule has 1 aliphatic heterocycles. The molecule has 0 spiro atoms. The number of benzene rings is 1. The highest BCUT2D eigenvalue weighted by atomic mass is 19.4. The van der Waals surface area contributed by atoms with Crippen molar-refractivity contribution in [3.8, 4) is 0 Å². The first-order valence-electron chi connectivity index (χ1n) is 9.22. The van der Waals surface area contributed by atoms with Crippen LogP contribution in [0.1, 0.15) is 5.56 Å². The molecule has 0 saturated carbocycles. The Balaban J connectivity index is 1.30. The van der Waals surface area contributed by atoms with Gasteiger partial charge in [-0.25, -0.2) is 9.78 Å². The van der Waals surface area contributed by atoms with Crippen LogP contribution in [0.4, 0.5) is 24.5 Å². The number of halogens is 3. The number of piperazine rings is 1. The summed E-state index contributed by atoms with van der Waals surface area (Å²) in [5.74, 6) is -0.714. The molecule has 1 amide bonds. The van der Waals surface area contributed by atoms with E-state index in [1.807, 2.05) is 4.90 Å². The molecule has 1 aliphatic rings. The fourth-order valence-corrected chi connectivity index (χ4v) is 3.30. The molecule has 2 aromatic heterocycles. The van der Waals surface area contributed by atoms with Gasteiger partial charge in [0.15, 0.2) is 11.2 Å². The summed E-state index contributed by atoms with van der Waals surface area (Å²) in [6.07, 6.45) is -2.87. The van der Waals surface area contributed by atoms with Gasteiger partial charge in [0, 0.05) is 37.9 Å². The summed E-state index contributed by atoms with van der Waals surface area (Å²) >= 11 is 0. The van der Waals surface area contributed by atoms with Gasteiger partial charge in [-0.15, -0.1) is 0 Å². The van der Waals surface area contributed by atoms with E-state index >= 15 is 0 Å². The molecular formula is C19H18F3N5O3. The SMILES string of the molecule is O=C(CNc1cnc2[nH]c(=O)oc2c1)N1CCN(c2ccc(C(F)(F)F)cc2)CC1. The molecule has 0 aliphatic carbocycles. The fraction of sp³-hybridized carbons (Fsp3) is 0.316. The van der Waals surface area contributed by atoms with Gasteiger partial charge in [0.05, 0.1) is 24.0 Å². The highest BCUT2D eigenvalue weighted by Crippen LogP contribution is 2.30. The third-order valence-electron chi connectivity index (χ3n) is 4.91. The Morgan fingerprint density at radius 2 is 1.87 bits per heavy atom. The zero-order valence-electron chi connectivity index (χ0n) is 15.7. The number of hydrogen-bond acceptors (Lipinski definition) is 6. The van der Waals surface area contributed by atoms with Crippen LogP contribution in [-0.2, 0) is 11.0 Å². The monoisotopic (exact) mass is 421 g/mol. The van der Waals surface area contributed by atoms with Crippen LogP contribution >= 0.6 is 0 Å². The largest absolute Gasteiger partial charge is 0.418 e. The van der Waals surface area contributed by atoms with E-state index in [2.05, 4.69) is 15.3 Å². The fourth-order valence-electron chi connectivity index (χ4n) is 3.30. The molecule has 8 nitrogen and oxygen atoms in total. The topological polar surface area (TPSA) is 94.5 Å². The van der Waals surface area contributed by atoms with Gasteiger partial charge < -0.3 is 19.5 Å². The van der Waals surface area contributed by atoms with Crippen LogP contribution in [-0.4, -0.2) is 53.5 Å². The Labute approximate surface area is 168 Å². The standard InChI is InChI=1S/C19H18F3N5O3/c20-19(21,22)12-1-3-14(4-2-12)26-5-7-27(8-6-26)16(28)11-23-13-9-15-17(24-10-13)25-18(29)30-15/h1-4,9-10,23H,5-8,11H2,(H,24,25,29). The Kier molecular flexibility index (Phi) is 5.10. The number of pyridine rings is 1. The van der Waals surface area contributed by atoms with E-state index in [9.17, 15) is 22.8 Å². The normalized spacial score (nSPS) is 14.9. The maximum absolute atomic E-state index is 12.7. The summed E-state index contributed by atoms with van der Waals surface area (Å²) < 4.78 is 43.0. The second-order valence-electron chi connectivity index (χ2n) is 6.85. The number of carbonyl (C=O) groups excluding carboxylic acids is 1. The van der Waals surface area contributed by atoms with E-state index in [1.54, 1.807) is 11.0 Å². The van der Waals surface area contributed by atoms with Gasteiger partial charge in [-0.05, 0) is 24.3 Å². The van der Waals surface area contributed by atoms with Crippen molar-refractivity contribution in [2.75, 3.05) is 42.9 Å². The first-order chi connectivity index (χ1) is 14.3. The number of fused-ring (bicyclic) bond motifs is 1. The maximum Gasteiger partial charge on any atom is 0.418 e. The Hall–Kier alpha value is -3.50. The number of hydrogen-bond donors (Lipinski definition) is 2. The second kappa shape index (κ2) is 7.73. The van der Waals surface area contributed by atoms with Crippen molar-refractivity contribution in [3.05, 3.63) is 52.6 Å². The van der Waals surface area contributed by atoms with Crippen molar-refractivity contribution < 1.29 is 22.4 Å². The minimum Gasteiger partial charge on any atom is -0.406 e. The van der Waals surface area contributed by atoms with Crippen LogP contribution in [0.5, 0.6) is 0 Å². The molecule has 0 atom stereocenters. The maximum atomic E-state index is 12.7. The molecule has 3 heterocycles. The zero-order valence-corrected chi connectivity index (χ0v) is 15.7. The molecule has 0 unspecified atom stereocenters. The lowest BCUT2D eigenvalue weighted by Gasteiger charge is -2.36. The summed E-state index contributed by atoms with van der Waals surface area (Å²) in [6, 6.07) is 6.60. The molecule has 1 saturated heterocycles. The summed E-state index contributed by atoms with van der Waals surface area (Å²) in [5.41, 5.74) is 1.18. The van der Waals surface area contributed by atoms with E-state index in [1.165, 1.54) is 18.3 Å². The van der Waals surface area contributed by atoms with Crippen molar-refractivity contribution >= 4 is 28.5 Å². The molecule has 0 radical (unpaired) electrons. The molecular weight excluding hydrogens is 403 g/mol. The molecule has 11 heteroatoms. The average Bonchev–Trinajstić information content (AvgIpc) is 3.11. The lowest BCUT2D eigenvalue weighted by Crippen LogP contribution is -2.50. The van der Waals surface area contributed by atoms with Crippen LogP contribution in [0.2, 0.25) is 0 Å². The molecule has 1 aromatic carbocycles. The molecule has 3 aromatic rings. The van der Waals surface area contributed by atoms with Gasteiger partial charge in [-0.3, -0.25) is 9.78 Å². The third kappa shape index (κ3) is 4.24. The first kappa shape index (κ1) is 19.8. The Morgan fingerprint density at radius 3 is 2.53 bits per heavy atom. The van der Waals surface area contributed by atoms with Crippen molar-refractivity contribution in [2.24, 2.45) is 0 Å². The average molecular weight is 421 g/mol. The number of amides is 1. The summed E-state index contributed by atoms with van der Waals surface area (Å²) in [5, 5.41) is 2.96. The number of alkyl halides is 3. The number of carbonyl (C=O) groups is 1. The van der Waals surface area contributed by atoms with Gasteiger partial charge in [-0.1, -0.05) is 0 Å². The molecule has 1 fully saturated rings. The van der Waals surface area contributed by atoms with E-state index in [-0.39, 0.29) is 12.5 Å². The number of nitrogens with zero attached hydrogens (tertiary/aromatic N) is 3. The summed E-state index contributed by atoms with van der Waals surface area (Å²) in [7, 11) is 0. The van der Waals surface area contributed by atoms with Gasteiger partial charge in [0.2, 0.25) is 5.91 Å². The first-order valence-corrected chi connectivity index (χ1v) is 9.22. The van der Waals surface area contributed by atoms with Gasteiger partial charge >= 0.3 is 11.9 Å². The van der Waals surface area contributed by atoms with E-state index in [0.29, 0.717) is 48.8 Å². The number of nitrogens with one attached hydrogen (secondary N) is 2. The Bertz CT molecular complexity index is 1100. The zero-order chi connectivity index (χ0) is 21.3. The molecule has 30 heavy (non-hydrogen) atoms. The van der Waals surface area contributed by atoms with E-state index in [0.717, 1.165) is 12.1 Å². The lowest BCUT2D eigenvalue weighted by molar-refractivity contribution is -0.137. The quantitative estimate of drug-likeness (QED) is 0.672. The number of oxazole rings is 1. The predicted octanol–water partition coefficient (Wildman–Crippen LogP) is 2.30. The van der Waals surface area contributed by atoms with Crippen molar-refractivity contribution in [3.63, 3.8) is 0 Å². The number of H-pyrrole nitrogens is 1. The van der Waals surface area contributed by atoms with Crippen LogP contribution in [0.25, 0.3) is 11.2 Å². The molecule has 0 bridgehead atoms. The van der Waals surface area contributed by atoms with Crippen LogP contribution in [0, 0.1) is 0 Å². The number of aromatic amines is 1. The van der Waals surface area contributed by atoms with E-state index < -0.39 is 17.5 Å². The van der Waals surface area contributed by atoms with Crippen molar-refractivity contribution in [1.82, 2.24) is 14.9 Å². The smallest absolute Gasteiger partial charge is 0.406 e. The van der Waals surface area contributed by atoms with Crippen LogP contribution in [0.3, 0.4) is 0 Å². The van der Waals surface area contributed by atoms with Crippen molar-refractivity contribution in [2.45, 2.75) is 6.18 Å². The lowest BCUT2D eigenvalue weighted by atomic mass is 10.1. The number of aromatic nitrogens is 2. The molecule has 2 N–H and O–H groups in total. The highest BCUT2D eigenvalue weighted by Gasteiger charge is 2.30. The number of rotatable bonds is 4. The summed E-state index contributed by atoms with van der Waals surface area (Å²) in [4.78, 5) is 33.7. The van der Waals surface area contributed by atoms with Gasteiger partial charge in [0.25, 0.3) is 0 Å².